The third-order valence-electron chi connectivity index (χ3n) is 4.73. The molecule has 0 N–H and O–H groups in total. The number of anilines is 2. The van der Waals surface area contributed by atoms with Gasteiger partial charge in [-0.1, -0.05) is 0 Å². The minimum Gasteiger partial charge on any atom is -0.355 e. The molecule has 2 aromatic heterocycles. The molecule has 0 saturated carbocycles. The average molecular weight is 309 g/mol. The van der Waals surface area contributed by atoms with Crippen LogP contribution in [-0.4, -0.2) is 36.1 Å². The first-order chi connectivity index (χ1) is 11.3. The fourth-order valence-corrected chi connectivity index (χ4v) is 3.69. The van der Waals surface area contributed by atoms with E-state index in [-0.39, 0.29) is 5.82 Å². The third kappa shape index (κ3) is 2.38. The van der Waals surface area contributed by atoms with Crippen molar-refractivity contribution in [3.05, 3.63) is 48.0 Å². The van der Waals surface area contributed by atoms with Gasteiger partial charge in [-0.2, -0.15) is 5.26 Å². The van der Waals surface area contributed by atoms with Crippen molar-refractivity contribution >= 4 is 11.6 Å². The quantitative estimate of drug-likeness (QED) is 0.850. The van der Waals surface area contributed by atoms with E-state index in [1.165, 1.54) is 6.07 Å². The fraction of sp³-hybridized carbons (Fsp3) is 0.353. The Morgan fingerprint density at radius 3 is 2.13 bits per heavy atom. The van der Waals surface area contributed by atoms with Crippen LogP contribution in [0.5, 0.6) is 0 Å². The second-order valence-corrected chi connectivity index (χ2v) is 6.13. The van der Waals surface area contributed by atoms with Crippen LogP contribution in [0.15, 0.2) is 36.7 Å². The summed E-state index contributed by atoms with van der Waals surface area (Å²) < 4.78 is 13.9. The molecule has 0 radical (unpaired) electrons. The number of fused-ring (bicyclic) bond motifs is 1. The van der Waals surface area contributed by atoms with Gasteiger partial charge in [-0.15, -0.1) is 0 Å². The van der Waals surface area contributed by atoms with Gasteiger partial charge >= 0.3 is 0 Å². The number of halogens is 1. The van der Waals surface area contributed by atoms with Crippen molar-refractivity contribution < 1.29 is 4.39 Å². The summed E-state index contributed by atoms with van der Waals surface area (Å²) in [4.78, 5) is 12.8. The molecule has 4 rings (SSSR count). The Balaban J connectivity index is 1.51. The maximum absolute atomic E-state index is 13.9. The summed E-state index contributed by atoms with van der Waals surface area (Å²) in [5, 5.41) is 9.23. The molecular weight excluding hydrogens is 293 g/mol. The van der Waals surface area contributed by atoms with Crippen LogP contribution in [0, 0.1) is 29.0 Å². The summed E-state index contributed by atoms with van der Waals surface area (Å²) in [6.07, 6.45) is 3.35. The molecule has 0 aliphatic carbocycles. The van der Waals surface area contributed by atoms with Gasteiger partial charge in [0.05, 0.1) is 5.56 Å². The minimum absolute atomic E-state index is 0.263. The van der Waals surface area contributed by atoms with E-state index < -0.39 is 0 Å². The molecule has 116 valence electrons. The lowest BCUT2D eigenvalue weighted by atomic mass is 10.0. The molecule has 2 aliphatic rings. The van der Waals surface area contributed by atoms with Crippen LogP contribution in [0.1, 0.15) is 5.56 Å². The zero-order valence-electron chi connectivity index (χ0n) is 12.6. The summed E-state index contributed by atoms with van der Waals surface area (Å²) in [6, 6.07) is 8.85. The van der Waals surface area contributed by atoms with Gasteiger partial charge in [0.15, 0.2) is 11.6 Å². The second-order valence-electron chi connectivity index (χ2n) is 6.13. The second kappa shape index (κ2) is 5.51. The standard InChI is InChI=1S/C17H16FN5/c18-15-4-2-6-21-17(15)23-10-13-8-22(9-14(13)11-23)16-12(7-19)3-1-5-20-16/h1-6,13-14H,8-11H2. The van der Waals surface area contributed by atoms with Gasteiger partial charge in [-0.05, 0) is 24.3 Å². The van der Waals surface area contributed by atoms with Crippen LogP contribution < -0.4 is 9.80 Å². The van der Waals surface area contributed by atoms with Crippen LogP contribution in [0.3, 0.4) is 0 Å². The lowest BCUT2D eigenvalue weighted by molar-refractivity contribution is 0.533. The van der Waals surface area contributed by atoms with Crippen molar-refractivity contribution in [1.82, 2.24) is 9.97 Å². The molecule has 0 aromatic carbocycles. The zero-order chi connectivity index (χ0) is 15.8. The highest BCUT2D eigenvalue weighted by Gasteiger charge is 2.41. The minimum atomic E-state index is -0.263. The van der Waals surface area contributed by atoms with Crippen molar-refractivity contribution in [2.75, 3.05) is 36.0 Å². The van der Waals surface area contributed by atoms with Gasteiger partial charge in [0, 0.05) is 50.4 Å². The van der Waals surface area contributed by atoms with E-state index in [0.29, 0.717) is 23.2 Å². The van der Waals surface area contributed by atoms with Crippen molar-refractivity contribution in [2.24, 2.45) is 11.8 Å². The predicted molar refractivity (Wildman–Crippen MR) is 84.6 cm³/mol. The lowest BCUT2D eigenvalue weighted by Gasteiger charge is -2.23. The molecule has 2 aromatic rings. The van der Waals surface area contributed by atoms with Crippen molar-refractivity contribution in [2.45, 2.75) is 0 Å². The molecular formula is C17H16FN5. The first kappa shape index (κ1) is 13.9. The Kier molecular flexibility index (Phi) is 3.34. The fourth-order valence-electron chi connectivity index (χ4n) is 3.69. The van der Waals surface area contributed by atoms with Crippen molar-refractivity contribution in [1.29, 1.82) is 5.26 Å². The molecule has 0 amide bonds. The van der Waals surface area contributed by atoms with Crippen LogP contribution in [-0.2, 0) is 0 Å². The number of hydrogen-bond acceptors (Lipinski definition) is 5. The van der Waals surface area contributed by atoms with Crippen LogP contribution >= 0.6 is 0 Å². The maximum Gasteiger partial charge on any atom is 0.165 e. The molecule has 6 heteroatoms. The predicted octanol–water partition coefficient (Wildman–Crippen LogP) is 2.06. The molecule has 23 heavy (non-hydrogen) atoms. The number of pyridine rings is 2. The first-order valence-corrected chi connectivity index (χ1v) is 7.72. The lowest BCUT2D eigenvalue weighted by Crippen LogP contribution is -2.30. The van der Waals surface area contributed by atoms with Gasteiger partial charge in [0.25, 0.3) is 0 Å². The Bertz CT molecular complexity index is 758. The molecule has 4 heterocycles. The number of nitriles is 1. The molecule has 2 atom stereocenters. The van der Waals surface area contributed by atoms with Crippen LogP contribution in [0.4, 0.5) is 16.0 Å². The van der Waals surface area contributed by atoms with Crippen molar-refractivity contribution in [3.8, 4) is 6.07 Å². The van der Waals surface area contributed by atoms with Gasteiger partial charge in [0.2, 0.25) is 0 Å². The molecule has 5 nitrogen and oxygen atoms in total. The molecule has 0 spiro atoms. The molecule has 0 bridgehead atoms. The summed E-state index contributed by atoms with van der Waals surface area (Å²) in [5.74, 6) is 1.85. The van der Waals surface area contributed by atoms with E-state index >= 15 is 0 Å². The Hall–Kier alpha value is -2.68. The molecule has 2 fully saturated rings. The van der Waals surface area contributed by atoms with Gasteiger partial charge in [0.1, 0.15) is 11.9 Å². The number of rotatable bonds is 2. The van der Waals surface area contributed by atoms with E-state index in [2.05, 4.69) is 20.9 Å². The zero-order valence-corrected chi connectivity index (χ0v) is 12.6. The first-order valence-electron chi connectivity index (χ1n) is 7.72. The van der Waals surface area contributed by atoms with E-state index in [4.69, 9.17) is 0 Å². The average Bonchev–Trinajstić information content (AvgIpc) is 3.14. The smallest absolute Gasteiger partial charge is 0.165 e. The van der Waals surface area contributed by atoms with E-state index in [9.17, 15) is 9.65 Å². The number of nitrogens with zero attached hydrogens (tertiary/aromatic N) is 5. The molecule has 2 unspecified atom stereocenters. The summed E-state index contributed by atoms with van der Waals surface area (Å²) >= 11 is 0. The van der Waals surface area contributed by atoms with Crippen LogP contribution in [0.25, 0.3) is 0 Å². The Morgan fingerprint density at radius 2 is 1.52 bits per heavy atom. The van der Waals surface area contributed by atoms with Crippen molar-refractivity contribution in [3.63, 3.8) is 0 Å². The SMILES string of the molecule is N#Cc1cccnc1N1CC2CN(c3ncccc3F)CC2C1. The van der Waals surface area contributed by atoms with E-state index in [1.807, 2.05) is 4.90 Å². The van der Waals surface area contributed by atoms with E-state index in [0.717, 1.165) is 32.0 Å². The molecule has 2 aliphatic heterocycles. The largest absolute Gasteiger partial charge is 0.355 e. The monoisotopic (exact) mass is 309 g/mol. The van der Waals surface area contributed by atoms with Gasteiger partial charge < -0.3 is 9.80 Å². The van der Waals surface area contributed by atoms with Gasteiger partial charge in [-0.25, -0.2) is 14.4 Å². The highest BCUT2D eigenvalue weighted by atomic mass is 19.1. The summed E-state index contributed by atoms with van der Waals surface area (Å²) in [6.45, 7) is 3.29. The van der Waals surface area contributed by atoms with Crippen LogP contribution in [0.2, 0.25) is 0 Å². The Labute approximate surface area is 134 Å². The Morgan fingerprint density at radius 1 is 0.957 bits per heavy atom. The van der Waals surface area contributed by atoms with E-state index in [1.54, 1.807) is 30.6 Å². The number of hydrogen-bond donors (Lipinski definition) is 0. The third-order valence-corrected chi connectivity index (χ3v) is 4.73. The normalized spacial score (nSPS) is 23.0. The topological polar surface area (TPSA) is 56.1 Å². The highest BCUT2D eigenvalue weighted by Crippen LogP contribution is 2.36. The number of aromatic nitrogens is 2. The maximum atomic E-state index is 13.9. The summed E-state index contributed by atoms with van der Waals surface area (Å²) in [7, 11) is 0. The summed E-state index contributed by atoms with van der Waals surface area (Å²) in [5.41, 5.74) is 0.611. The highest BCUT2D eigenvalue weighted by molar-refractivity contribution is 5.55. The van der Waals surface area contributed by atoms with Gasteiger partial charge in [-0.3, -0.25) is 0 Å². The molecule has 2 saturated heterocycles.